The van der Waals surface area contributed by atoms with Crippen LogP contribution in [0.5, 0.6) is 0 Å². The van der Waals surface area contributed by atoms with E-state index < -0.39 is 26.0 Å². The van der Waals surface area contributed by atoms with Crippen LogP contribution in [0.15, 0.2) is 53.4 Å². The van der Waals surface area contributed by atoms with Crippen LogP contribution in [0.3, 0.4) is 0 Å². The fourth-order valence-electron chi connectivity index (χ4n) is 3.85. The van der Waals surface area contributed by atoms with E-state index in [1.807, 2.05) is 12.1 Å². The van der Waals surface area contributed by atoms with Gasteiger partial charge in [0.15, 0.2) is 0 Å². The highest BCUT2D eigenvalue weighted by Crippen LogP contribution is 2.28. The second-order valence-electron chi connectivity index (χ2n) is 8.04. The van der Waals surface area contributed by atoms with Gasteiger partial charge in [0.1, 0.15) is 0 Å². The van der Waals surface area contributed by atoms with Gasteiger partial charge in [0.25, 0.3) is 10.0 Å². The van der Waals surface area contributed by atoms with E-state index in [2.05, 4.69) is 16.5 Å². The van der Waals surface area contributed by atoms with Crippen molar-refractivity contribution in [2.75, 3.05) is 32.8 Å². The molecule has 0 unspecified atom stereocenters. The lowest BCUT2D eigenvalue weighted by atomic mass is 9.99. The molecule has 4 rings (SSSR count). The second kappa shape index (κ2) is 8.16. The van der Waals surface area contributed by atoms with Crippen molar-refractivity contribution >= 4 is 43.0 Å². The third-order valence-corrected chi connectivity index (χ3v) is 8.82. The number of hydrogen-bond acceptors (Lipinski definition) is 6. The van der Waals surface area contributed by atoms with Crippen molar-refractivity contribution in [2.24, 2.45) is 5.92 Å². The minimum atomic E-state index is -3.86. The number of anilines is 3. The van der Waals surface area contributed by atoms with Gasteiger partial charge >= 0.3 is 0 Å². The van der Waals surface area contributed by atoms with Gasteiger partial charge in [0.2, 0.25) is 15.9 Å². The first-order valence-electron chi connectivity index (χ1n) is 10.2. The average Bonchev–Trinajstić information content (AvgIpc) is 3.01. The molecular weight excluding hydrogens is 438 g/mol. The summed E-state index contributed by atoms with van der Waals surface area (Å²) in [5, 5.41) is 0. The lowest BCUT2D eigenvalue weighted by molar-refractivity contribution is -0.116. The van der Waals surface area contributed by atoms with E-state index in [-0.39, 0.29) is 22.8 Å². The Bertz CT molecular complexity index is 1170. The molecular formula is C21H25N3O5S2. The van der Waals surface area contributed by atoms with E-state index in [0.29, 0.717) is 5.69 Å². The van der Waals surface area contributed by atoms with Gasteiger partial charge in [-0.15, -0.1) is 0 Å². The molecule has 2 saturated heterocycles. The number of rotatable bonds is 5. The first-order chi connectivity index (χ1) is 14.7. The third kappa shape index (κ3) is 4.54. The Hall–Kier alpha value is -2.59. The molecule has 31 heavy (non-hydrogen) atoms. The van der Waals surface area contributed by atoms with Crippen LogP contribution in [0.25, 0.3) is 0 Å². The third-order valence-electron chi connectivity index (χ3n) is 5.73. The Morgan fingerprint density at radius 3 is 2.06 bits per heavy atom. The van der Waals surface area contributed by atoms with Crippen molar-refractivity contribution < 1.29 is 21.6 Å². The van der Waals surface area contributed by atoms with Crippen molar-refractivity contribution in [1.29, 1.82) is 0 Å². The monoisotopic (exact) mass is 463 g/mol. The van der Waals surface area contributed by atoms with Crippen molar-refractivity contribution in [1.82, 2.24) is 0 Å². The normalized spacial score (nSPS) is 19.6. The molecule has 166 valence electrons. The van der Waals surface area contributed by atoms with Crippen LogP contribution < -0.4 is 13.9 Å². The number of benzene rings is 2. The van der Waals surface area contributed by atoms with Crippen LogP contribution in [0.4, 0.5) is 17.1 Å². The van der Waals surface area contributed by atoms with E-state index in [9.17, 15) is 21.6 Å². The molecule has 2 aromatic rings. The molecule has 1 N–H and O–H groups in total. The standard InChI is InChI=1S/C21H25N3O5S2/c1-16-10-13-23(14-11-16)18-4-2-17(3-5-18)22-31(28,29)20-8-6-19(7-9-20)24-21(25)12-15-30(24,26)27/h2-9,16,22H,10-15H2,1H3. The second-order valence-corrected chi connectivity index (χ2v) is 11.7. The van der Waals surface area contributed by atoms with E-state index >= 15 is 0 Å². The largest absolute Gasteiger partial charge is 0.372 e. The summed E-state index contributed by atoms with van der Waals surface area (Å²) in [6.45, 7) is 4.24. The quantitative estimate of drug-likeness (QED) is 0.731. The number of sulfonamides is 2. The molecule has 0 radical (unpaired) electrons. The topological polar surface area (TPSA) is 104 Å². The first-order valence-corrected chi connectivity index (χ1v) is 13.3. The lowest BCUT2D eigenvalue weighted by Gasteiger charge is -2.32. The number of hydrogen-bond donors (Lipinski definition) is 1. The fourth-order valence-corrected chi connectivity index (χ4v) is 6.37. The summed E-state index contributed by atoms with van der Waals surface area (Å²) < 4.78 is 52.8. The highest BCUT2D eigenvalue weighted by atomic mass is 32.2. The summed E-state index contributed by atoms with van der Waals surface area (Å²) in [6, 6.07) is 12.5. The molecule has 0 bridgehead atoms. The molecule has 0 saturated carbocycles. The van der Waals surface area contributed by atoms with Gasteiger partial charge in [-0.2, -0.15) is 0 Å². The number of nitrogens with one attached hydrogen (secondary N) is 1. The van der Waals surface area contributed by atoms with E-state index in [0.717, 1.165) is 41.8 Å². The molecule has 2 aliphatic heterocycles. The summed E-state index contributed by atoms with van der Waals surface area (Å²) >= 11 is 0. The molecule has 0 spiro atoms. The first kappa shape index (κ1) is 21.6. The minimum absolute atomic E-state index is 0.0191. The van der Waals surface area contributed by atoms with E-state index in [1.165, 1.54) is 24.3 Å². The summed E-state index contributed by atoms with van der Waals surface area (Å²) in [7, 11) is -7.55. The molecule has 2 aliphatic rings. The fraction of sp³-hybridized carbons (Fsp3) is 0.381. The van der Waals surface area contributed by atoms with Gasteiger partial charge < -0.3 is 4.90 Å². The van der Waals surface area contributed by atoms with Crippen LogP contribution in [0, 0.1) is 5.92 Å². The molecule has 2 fully saturated rings. The molecule has 2 aromatic carbocycles. The van der Waals surface area contributed by atoms with Crippen LogP contribution in [-0.2, 0) is 24.8 Å². The number of carbonyl (C=O) groups is 1. The number of piperidine rings is 1. The molecule has 0 aliphatic carbocycles. The Morgan fingerprint density at radius 1 is 0.935 bits per heavy atom. The molecule has 2 heterocycles. The highest BCUT2D eigenvalue weighted by molar-refractivity contribution is 7.94. The maximum absolute atomic E-state index is 12.7. The minimum Gasteiger partial charge on any atom is -0.372 e. The predicted molar refractivity (Wildman–Crippen MR) is 120 cm³/mol. The molecule has 8 nitrogen and oxygen atoms in total. The Kier molecular flexibility index (Phi) is 5.69. The molecule has 0 atom stereocenters. The summed E-state index contributed by atoms with van der Waals surface area (Å²) in [4.78, 5) is 14.2. The van der Waals surface area contributed by atoms with Gasteiger partial charge in [-0.25, -0.2) is 21.1 Å². The van der Waals surface area contributed by atoms with Crippen LogP contribution in [-0.4, -0.2) is 41.6 Å². The van der Waals surface area contributed by atoms with Crippen molar-refractivity contribution in [3.63, 3.8) is 0 Å². The Labute approximate surface area is 183 Å². The maximum Gasteiger partial charge on any atom is 0.261 e. The van der Waals surface area contributed by atoms with Crippen LogP contribution >= 0.6 is 0 Å². The van der Waals surface area contributed by atoms with Crippen LogP contribution in [0.2, 0.25) is 0 Å². The molecule has 1 amide bonds. The molecule has 0 aromatic heterocycles. The van der Waals surface area contributed by atoms with Gasteiger partial charge in [-0.1, -0.05) is 6.92 Å². The van der Waals surface area contributed by atoms with Crippen molar-refractivity contribution in [2.45, 2.75) is 31.1 Å². The van der Waals surface area contributed by atoms with E-state index in [1.54, 1.807) is 12.1 Å². The highest BCUT2D eigenvalue weighted by Gasteiger charge is 2.36. The zero-order valence-electron chi connectivity index (χ0n) is 17.2. The summed E-state index contributed by atoms with van der Waals surface area (Å²) in [6.07, 6.45) is 2.22. The SMILES string of the molecule is CC1CCN(c2ccc(NS(=O)(=O)c3ccc(N4C(=O)CCS4(=O)=O)cc3)cc2)CC1. The number of carbonyl (C=O) groups excluding carboxylic acids is 1. The Balaban J connectivity index is 1.47. The number of nitrogens with zero attached hydrogens (tertiary/aromatic N) is 2. The van der Waals surface area contributed by atoms with Crippen molar-refractivity contribution in [3.8, 4) is 0 Å². The molecule has 10 heteroatoms. The average molecular weight is 464 g/mol. The zero-order valence-corrected chi connectivity index (χ0v) is 18.8. The number of amides is 1. The van der Waals surface area contributed by atoms with Gasteiger partial charge in [-0.05, 0) is 67.3 Å². The smallest absolute Gasteiger partial charge is 0.261 e. The van der Waals surface area contributed by atoms with Crippen molar-refractivity contribution in [3.05, 3.63) is 48.5 Å². The van der Waals surface area contributed by atoms with Gasteiger partial charge in [0, 0.05) is 30.9 Å². The van der Waals surface area contributed by atoms with E-state index in [4.69, 9.17) is 0 Å². The van der Waals surface area contributed by atoms with Crippen LogP contribution in [0.1, 0.15) is 26.2 Å². The lowest BCUT2D eigenvalue weighted by Crippen LogP contribution is -2.32. The maximum atomic E-state index is 12.7. The summed E-state index contributed by atoms with van der Waals surface area (Å²) in [5.74, 6) is -0.0192. The summed E-state index contributed by atoms with van der Waals surface area (Å²) in [5.41, 5.74) is 1.65. The zero-order chi connectivity index (χ0) is 22.2. The predicted octanol–water partition coefficient (Wildman–Crippen LogP) is 2.79. The Morgan fingerprint density at radius 2 is 1.52 bits per heavy atom. The van der Waals surface area contributed by atoms with Gasteiger partial charge in [-0.3, -0.25) is 9.52 Å². The van der Waals surface area contributed by atoms with Gasteiger partial charge in [0.05, 0.1) is 16.3 Å².